The van der Waals surface area contributed by atoms with Crippen LogP contribution in [0, 0.1) is 0 Å². The van der Waals surface area contributed by atoms with Gasteiger partial charge in [-0.3, -0.25) is 0 Å². The van der Waals surface area contributed by atoms with Crippen LogP contribution in [0.1, 0.15) is 53.5 Å². The highest BCUT2D eigenvalue weighted by Gasteiger charge is 2.30. The summed E-state index contributed by atoms with van der Waals surface area (Å²) in [6.45, 7) is 13.8. The van der Waals surface area contributed by atoms with Gasteiger partial charge in [-0.25, -0.2) is 4.79 Å². The van der Waals surface area contributed by atoms with E-state index in [1.807, 2.05) is 20.8 Å². The molecule has 2 rings (SSSR count). The van der Waals surface area contributed by atoms with E-state index in [4.69, 9.17) is 4.74 Å². The number of carbonyl (C=O) groups is 1. The predicted octanol–water partition coefficient (Wildman–Crippen LogP) is 4.41. The number of para-hydroxylation sites is 1. The molecule has 1 aromatic rings. The number of benzene rings is 1. The molecule has 0 saturated carbocycles. The third kappa shape index (κ3) is 4.88. The van der Waals surface area contributed by atoms with Crippen LogP contribution < -0.4 is 5.32 Å². The summed E-state index contributed by atoms with van der Waals surface area (Å²) in [4.78, 5) is 14.0. The molecule has 1 aliphatic rings. The number of amides is 1. The van der Waals surface area contributed by atoms with Crippen molar-refractivity contribution >= 4 is 11.8 Å². The van der Waals surface area contributed by atoms with Crippen LogP contribution in [0.2, 0.25) is 0 Å². The smallest absolute Gasteiger partial charge is 0.410 e. The van der Waals surface area contributed by atoms with Crippen LogP contribution in [-0.4, -0.2) is 35.7 Å². The Morgan fingerprint density at radius 2 is 1.83 bits per heavy atom. The molecule has 1 aliphatic heterocycles. The molecule has 0 aromatic heterocycles. The van der Waals surface area contributed by atoms with Gasteiger partial charge >= 0.3 is 6.09 Å². The fourth-order valence-electron chi connectivity index (χ4n) is 2.85. The van der Waals surface area contributed by atoms with Crippen LogP contribution in [0.4, 0.5) is 10.5 Å². The lowest BCUT2D eigenvalue weighted by Gasteiger charge is -2.26. The number of anilines is 1. The summed E-state index contributed by atoms with van der Waals surface area (Å²) in [5, 5.41) is 3.61. The molecule has 4 heteroatoms. The van der Waals surface area contributed by atoms with Gasteiger partial charge in [0.2, 0.25) is 0 Å². The van der Waals surface area contributed by atoms with Gasteiger partial charge in [-0.2, -0.15) is 0 Å². The predicted molar refractivity (Wildman–Crippen MR) is 95.0 cm³/mol. The van der Waals surface area contributed by atoms with E-state index < -0.39 is 5.60 Å². The van der Waals surface area contributed by atoms with Gasteiger partial charge in [-0.15, -0.1) is 0 Å². The van der Waals surface area contributed by atoms with Gasteiger partial charge in [0.1, 0.15) is 5.60 Å². The number of hydrogen-bond acceptors (Lipinski definition) is 3. The maximum absolute atomic E-state index is 12.2. The SMILES string of the molecule is CC(C)(C)OC(=O)N1CCC(Nc2ccccc2C(C)(C)C)C1. The molecule has 1 saturated heterocycles. The maximum atomic E-state index is 12.2. The molecular formula is C19H30N2O2. The van der Waals surface area contributed by atoms with Crippen molar-refractivity contribution in [3.05, 3.63) is 29.8 Å². The summed E-state index contributed by atoms with van der Waals surface area (Å²) in [6, 6.07) is 8.69. The van der Waals surface area contributed by atoms with E-state index in [1.54, 1.807) is 4.90 Å². The van der Waals surface area contributed by atoms with E-state index in [0.717, 1.165) is 18.7 Å². The highest BCUT2D eigenvalue weighted by Crippen LogP contribution is 2.30. The highest BCUT2D eigenvalue weighted by atomic mass is 16.6. The Balaban J connectivity index is 2.00. The van der Waals surface area contributed by atoms with Gasteiger partial charge < -0.3 is 15.0 Å². The van der Waals surface area contributed by atoms with Crippen molar-refractivity contribution in [2.24, 2.45) is 0 Å². The number of ether oxygens (including phenoxy) is 1. The van der Waals surface area contributed by atoms with E-state index in [9.17, 15) is 4.79 Å². The topological polar surface area (TPSA) is 41.6 Å². The molecule has 1 N–H and O–H groups in total. The van der Waals surface area contributed by atoms with Crippen LogP contribution in [0.25, 0.3) is 0 Å². The van der Waals surface area contributed by atoms with Crippen LogP contribution >= 0.6 is 0 Å². The summed E-state index contributed by atoms with van der Waals surface area (Å²) in [5.41, 5.74) is 2.11. The summed E-state index contributed by atoms with van der Waals surface area (Å²) < 4.78 is 5.46. The minimum atomic E-state index is -0.443. The second-order valence-electron chi connectivity index (χ2n) is 8.35. The first-order valence-electron chi connectivity index (χ1n) is 8.40. The Kier molecular flexibility index (Phi) is 4.92. The van der Waals surface area contributed by atoms with E-state index >= 15 is 0 Å². The van der Waals surface area contributed by atoms with Crippen molar-refractivity contribution < 1.29 is 9.53 Å². The maximum Gasteiger partial charge on any atom is 0.410 e. The van der Waals surface area contributed by atoms with Crippen molar-refractivity contribution in [1.29, 1.82) is 0 Å². The molecule has 1 heterocycles. The average Bonchev–Trinajstić information content (AvgIpc) is 2.85. The number of rotatable bonds is 2. The molecule has 1 atom stereocenters. The Bertz CT molecular complexity index is 555. The van der Waals surface area contributed by atoms with Crippen molar-refractivity contribution in [3.8, 4) is 0 Å². The van der Waals surface area contributed by atoms with Gasteiger partial charge in [0.05, 0.1) is 0 Å². The Morgan fingerprint density at radius 3 is 2.43 bits per heavy atom. The van der Waals surface area contributed by atoms with Crippen LogP contribution in [0.5, 0.6) is 0 Å². The van der Waals surface area contributed by atoms with Crippen LogP contribution in [0.15, 0.2) is 24.3 Å². The minimum absolute atomic E-state index is 0.0903. The molecule has 0 spiro atoms. The zero-order chi connectivity index (χ0) is 17.3. The lowest BCUT2D eigenvalue weighted by Crippen LogP contribution is -2.36. The third-order valence-corrected chi connectivity index (χ3v) is 3.93. The molecule has 4 nitrogen and oxygen atoms in total. The van der Waals surface area contributed by atoms with E-state index in [1.165, 1.54) is 5.56 Å². The average molecular weight is 318 g/mol. The quantitative estimate of drug-likeness (QED) is 0.878. The van der Waals surface area contributed by atoms with Gasteiger partial charge in [-0.1, -0.05) is 39.0 Å². The molecule has 0 bridgehead atoms. The zero-order valence-corrected chi connectivity index (χ0v) is 15.3. The fourth-order valence-corrected chi connectivity index (χ4v) is 2.85. The molecule has 1 amide bonds. The summed E-state index contributed by atoms with van der Waals surface area (Å²) in [6.07, 6.45) is 0.725. The van der Waals surface area contributed by atoms with Crippen molar-refractivity contribution in [3.63, 3.8) is 0 Å². The second kappa shape index (κ2) is 6.42. The monoisotopic (exact) mass is 318 g/mol. The van der Waals surface area contributed by atoms with E-state index in [-0.39, 0.29) is 17.6 Å². The molecule has 1 aromatic carbocycles. The van der Waals surface area contributed by atoms with Crippen molar-refractivity contribution in [2.75, 3.05) is 18.4 Å². The Hall–Kier alpha value is -1.71. The summed E-state index contributed by atoms with van der Waals surface area (Å²) in [7, 11) is 0. The first-order valence-corrected chi connectivity index (χ1v) is 8.40. The molecule has 128 valence electrons. The summed E-state index contributed by atoms with van der Waals surface area (Å²) >= 11 is 0. The lowest BCUT2D eigenvalue weighted by atomic mass is 9.85. The van der Waals surface area contributed by atoms with Crippen LogP contribution in [-0.2, 0) is 10.2 Å². The first kappa shape index (κ1) is 17.6. The Morgan fingerprint density at radius 1 is 1.17 bits per heavy atom. The summed E-state index contributed by atoms with van der Waals surface area (Å²) in [5.74, 6) is 0. The normalized spacial score (nSPS) is 18.9. The number of nitrogens with zero attached hydrogens (tertiary/aromatic N) is 1. The number of hydrogen-bond donors (Lipinski definition) is 1. The van der Waals surface area contributed by atoms with E-state index in [0.29, 0.717) is 6.54 Å². The first-order chi connectivity index (χ1) is 10.6. The van der Waals surface area contributed by atoms with Gasteiger partial charge in [-0.05, 0) is 44.2 Å². The van der Waals surface area contributed by atoms with Crippen molar-refractivity contribution in [2.45, 2.75) is 65.0 Å². The molecule has 23 heavy (non-hydrogen) atoms. The van der Waals surface area contributed by atoms with Gasteiger partial charge in [0.15, 0.2) is 0 Å². The van der Waals surface area contributed by atoms with Gasteiger partial charge in [0.25, 0.3) is 0 Å². The van der Waals surface area contributed by atoms with Crippen molar-refractivity contribution in [1.82, 2.24) is 4.90 Å². The minimum Gasteiger partial charge on any atom is -0.444 e. The zero-order valence-electron chi connectivity index (χ0n) is 15.3. The Labute approximate surface area is 140 Å². The number of likely N-dealkylation sites (tertiary alicyclic amines) is 1. The number of nitrogens with one attached hydrogen (secondary N) is 1. The second-order valence-corrected chi connectivity index (χ2v) is 8.35. The standard InChI is InChI=1S/C19H30N2O2/c1-18(2,3)15-9-7-8-10-16(15)20-14-11-12-21(13-14)17(22)23-19(4,5)6/h7-10,14,20H,11-13H2,1-6H3. The fraction of sp³-hybridized carbons (Fsp3) is 0.632. The molecule has 1 fully saturated rings. The van der Waals surface area contributed by atoms with Crippen LogP contribution in [0.3, 0.4) is 0 Å². The molecule has 0 radical (unpaired) electrons. The number of carbonyl (C=O) groups excluding carboxylic acids is 1. The van der Waals surface area contributed by atoms with E-state index in [2.05, 4.69) is 50.4 Å². The molecular weight excluding hydrogens is 288 g/mol. The molecule has 1 unspecified atom stereocenters. The largest absolute Gasteiger partial charge is 0.444 e. The molecule has 0 aliphatic carbocycles. The highest BCUT2D eigenvalue weighted by molar-refractivity contribution is 5.69. The lowest BCUT2D eigenvalue weighted by molar-refractivity contribution is 0.0293. The third-order valence-electron chi connectivity index (χ3n) is 3.93. The van der Waals surface area contributed by atoms with Gasteiger partial charge in [0, 0.05) is 24.8 Å².